The molecule has 0 aromatic rings. The van der Waals surface area contributed by atoms with Gasteiger partial charge in [-0.05, 0) is 19.8 Å². The Morgan fingerprint density at radius 2 is 0.912 bits per heavy atom. The second-order valence-electron chi connectivity index (χ2n) is 5.42. The third-order valence-corrected chi connectivity index (χ3v) is 2.21. The van der Waals surface area contributed by atoms with Gasteiger partial charge in [0, 0.05) is 33.5 Å². The number of hydrogen-bond donors (Lipinski definition) is 11. The first-order valence-electron chi connectivity index (χ1n) is 9.26. The van der Waals surface area contributed by atoms with Gasteiger partial charge in [-0.25, -0.2) is 0 Å². The van der Waals surface area contributed by atoms with Crippen molar-refractivity contribution in [1.29, 1.82) is 0 Å². The zero-order valence-electron chi connectivity index (χ0n) is 19.5. The molecule has 0 radical (unpaired) electrons. The Bertz CT molecular complexity index is 524. The fraction of sp³-hybridized carbons (Fsp3) is 0.647. The van der Waals surface area contributed by atoms with Crippen molar-refractivity contribution in [1.82, 2.24) is 0 Å². The smallest absolute Gasteiger partial charge is 0.320 e. The lowest BCUT2D eigenvalue weighted by Crippen LogP contribution is -2.31. The molecule has 17 nitrogen and oxygen atoms in total. The van der Waals surface area contributed by atoms with Crippen LogP contribution < -0.4 is 34.4 Å². The molecule has 0 aromatic heterocycles. The van der Waals surface area contributed by atoms with E-state index in [9.17, 15) is 28.8 Å². The Hall–Kier alpha value is -3.38. The second kappa shape index (κ2) is 34.2. The molecule has 204 valence electrons. The highest BCUT2D eigenvalue weighted by Gasteiger charge is 2.12. The van der Waals surface area contributed by atoms with Gasteiger partial charge in [-0.3, -0.25) is 28.8 Å². The van der Waals surface area contributed by atoms with E-state index in [0.29, 0.717) is 0 Å². The van der Waals surface area contributed by atoms with E-state index in [4.69, 9.17) is 48.5 Å². The number of hydrogen-bond acceptors (Lipinski definition) is 11. The molecule has 0 bridgehead atoms. The summed E-state index contributed by atoms with van der Waals surface area (Å²) in [5.41, 5.74) is 28.7. The lowest BCUT2D eigenvalue weighted by Gasteiger charge is -2.01. The number of rotatable bonds is 9. The van der Waals surface area contributed by atoms with Gasteiger partial charge in [0.05, 0.1) is 6.54 Å². The Kier molecular flexibility index (Phi) is 44.6. The molecule has 0 aliphatic heterocycles. The molecule has 0 saturated carbocycles. The van der Waals surface area contributed by atoms with Crippen LogP contribution in [0.25, 0.3) is 0 Å². The zero-order chi connectivity index (χ0) is 28.9. The van der Waals surface area contributed by atoms with Crippen LogP contribution in [0.3, 0.4) is 0 Å². The minimum atomic E-state index is -1.11. The highest BCUT2D eigenvalue weighted by atomic mass is 16.4. The number of carbonyl (C=O) groups is 6. The third-order valence-electron chi connectivity index (χ3n) is 2.21. The lowest BCUT2D eigenvalue weighted by atomic mass is 10.2. The van der Waals surface area contributed by atoms with Gasteiger partial charge in [0.15, 0.2) is 0 Å². The predicted octanol–water partition coefficient (Wildman–Crippen LogP) is -4.54. The van der Waals surface area contributed by atoms with Crippen molar-refractivity contribution in [2.45, 2.75) is 51.6 Å². The molecule has 0 spiro atoms. The van der Waals surface area contributed by atoms with Crippen molar-refractivity contribution in [3.05, 3.63) is 0 Å². The van der Waals surface area contributed by atoms with E-state index in [-0.39, 0.29) is 44.7 Å². The molecule has 0 heterocycles. The van der Waals surface area contributed by atoms with Crippen LogP contribution in [0.5, 0.6) is 0 Å². The van der Waals surface area contributed by atoms with Gasteiger partial charge in [0.2, 0.25) is 17.7 Å². The van der Waals surface area contributed by atoms with Gasteiger partial charge in [-0.1, -0.05) is 0 Å². The van der Waals surface area contributed by atoms with E-state index in [1.807, 2.05) is 0 Å². The van der Waals surface area contributed by atoms with E-state index in [1.165, 1.54) is 6.92 Å². The van der Waals surface area contributed by atoms with Crippen LogP contribution in [-0.2, 0) is 28.8 Å². The molecule has 17 heteroatoms. The topological polar surface area (TPSA) is 360 Å². The van der Waals surface area contributed by atoms with E-state index in [2.05, 4.69) is 11.5 Å². The zero-order valence-corrected chi connectivity index (χ0v) is 19.5. The number of primary amides is 3. The number of carboxylic acids is 3. The van der Waals surface area contributed by atoms with Crippen molar-refractivity contribution in [2.75, 3.05) is 20.3 Å². The van der Waals surface area contributed by atoms with Gasteiger partial charge in [0.1, 0.15) is 12.1 Å². The average Bonchev–Trinajstić information content (AvgIpc) is 2.72. The molecule has 0 saturated heterocycles. The Balaban J connectivity index is -0.0000000759. The molecule has 34 heavy (non-hydrogen) atoms. The van der Waals surface area contributed by atoms with Crippen LogP contribution in [0.4, 0.5) is 0 Å². The minimum absolute atomic E-state index is 0.0213. The summed E-state index contributed by atoms with van der Waals surface area (Å²) in [6.07, 6.45) is 0.246. The Labute approximate surface area is 197 Å². The van der Waals surface area contributed by atoms with Crippen molar-refractivity contribution in [3.63, 3.8) is 0 Å². The van der Waals surface area contributed by atoms with Crippen LogP contribution in [-0.4, -0.2) is 93.5 Å². The summed E-state index contributed by atoms with van der Waals surface area (Å²) in [5, 5.41) is 38.6. The van der Waals surface area contributed by atoms with E-state index < -0.39 is 41.8 Å². The Morgan fingerprint density at radius 1 is 0.735 bits per heavy atom. The summed E-state index contributed by atoms with van der Waals surface area (Å²) in [6.45, 7) is 2.96. The van der Waals surface area contributed by atoms with Crippen LogP contribution >= 0.6 is 0 Å². The van der Waals surface area contributed by atoms with E-state index in [1.54, 1.807) is 6.92 Å². The Morgan fingerprint density at radius 3 is 1.00 bits per heavy atom. The van der Waals surface area contributed by atoms with Gasteiger partial charge in [-0.2, -0.15) is 0 Å². The van der Waals surface area contributed by atoms with Gasteiger partial charge in [-0.15, -0.1) is 0 Å². The highest BCUT2D eigenvalue weighted by Crippen LogP contribution is 1.93. The first kappa shape index (κ1) is 44.3. The summed E-state index contributed by atoms with van der Waals surface area (Å²) >= 11 is 0. The normalized spacial score (nSPS) is 9.88. The van der Waals surface area contributed by atoms with E-state index in [0.717, 1.165) is 7.11 Å². The van der Waals surface area contributed by atoms with Crippen LogP contribution in [0.1, 0.15) is 39.5 Å². The van der Waals surface area contributed by atoms with Crippen molar-refractivity contribution < 1.29 is 54.3 Å². The van der Waals surface area contributed by atoms with Gasteiger partial charge >= 0.3 is 17.9 Å². The number of aliphatic hydroxyl groups excluding tert-OH is 2. The van der Waals surface area contributed by atoms with E-state index >= 15 is 0 Å². The first-order chi connectivity index (χ1) is 15.5. The molecule has 2 atom stereocenters. The number of aliphatic carboxylic acids is 3. The maximum atomic E-state index is 10.1. The SMILES string of the molecule is CC(N)=O.CCO.CO.NC(=O)CC[C@H](N)C(=O)O.NC(=O)CC[C@H](N)C(=O)O.NCC(=O)O. The molecule has 3 amide bonds. The number of nitrogens with two attached hydrogens (primary N) is 6. The highest BCUT2D eigenvalue weighted by molar-refractivity contribution is 5.77. The molecule has 0 aliphatic rings. The maximum absolute atomic E-state index is 10.1. The largest absolute Gasteiger partial charge is 0.480 e. The summed E-state index contributed by atoms with van der Waals surface area (Å²) in [4.78, 5) is 58.7. The van der Waals surface area contributed by atoms with Gasteiger partial charge < -0.3 is 59.9 Å². The molecule has 0 aromatic carbocycles. The van der Waals surface area contributed by atoms with Crippen molar-refractivity contribution in [2.24, 2.45) is 34.4 Å². The monoisotopic (exact) mass is 504 g/mol. The van der Waals surface area contributed by atoms with Gasteiger partial charge in [0.25, 0.3) is 0 Å². The number of amides is 3. The average molecular weight is 505 g/mol. The standard InChI is InChI=1S/2C5H10N2O3.C2H5NO2.C2H5NO.C2H6O.CH4O/c2*6-3(5(9)10)1-2-4(7)8;3-1-2(4)5;1-2(3)4;1-2-3;1-2/h2*3H,1-2,6H2,(H2,7,8)(H,9,10);1,3H2,(H,4,5);1H3,(H2,3,4);3H,2H2,1H3;2H,1H3/t2*3-;;;;/m00..../s1. The molecule has 0 rings (SSSR count). The number of carbonyl (C=O) groups excluding carboxylic acids is 3. The molecule has 0 unspecified atom stereocenters. The molecule has 0 fully saturated rings. The van der Waals surface area contributed by atoms with Crippen LogP contribution in [0.2, 0.25) is 0 Å². The number of aliphatic hydroxyl groups is 2. The number of carboxylic acid groups (broad SMARTS) is 3. The molecular formula is C17H40N6O11. The quantitative estimate of drug-likeness (QED) is 0.141. The van der Waals surface area contributed by atoms with Crippen molar-refractivity contribution >= 4 is 35.6 Å². The molecule has 17 N–H and O–H groups in total. The fourth-order valence-electron chi connectivity index (χ4n) is 0.842. The minimum Gasteiger partial charge on any atom is -0.480 e. The predicted molar refractivity (Wildman–Crippen MR) is 121 cm³/mol. The summed E-state index contributed by atoms with van der Waals surface area (Å²) in [6, 6.07) is -1.96. The fourth-order valence-corrected chi connectivity index (χ4v) is 0.842. The molecular weight excluding hydrogens is 464 g/mol. The maximum Gasteiger partial charge on any atom is 0.320 e. The van der Waals surface area contributed by atoms with Crippen LogP contribution in [0, 0.1) is 0 Å². The van der Waals surface area contributed by atoms with Crippen molar-refractivity contribution in [3.8, 4) is 0 Å². The summed E-state index contributed by atoms with van der Waals surface area (Å²) in [5.74, 6) is -4.58. The summed E-state index contributed by atoms with van der Waals surface area (Å²) < 4.78 is 0. The summed E-state index contributed by atoms with van der Waals surface area (Å²) in [7, 11) is 1.00. The molecule has 0 aliphatic carbocycles. The van der Waals surface area contributed by atoms with Crippen LogP contribution in [0.15, 0.2) is 0 Å². The third kappa shape index (κ3) is 79.0. The lowest BCUT2D eigenvalue weighted by molar-refractivity contribution is -0.139. The first-order valence-corrected chi connectivity index (χ1v) is 9.26. The second-order valence-corrected chi connectivity index (χ2v) is 5.42.